The van der Waals surface area contributed by atoms with Gasteiger partial charge in [-0.05, 0) is 60.0 Å². The molecule has 0 saturated heterocycles. The van der Waals surface area contributed by atoms with Crippen molar-refractivity contribution in [1.82, 2.24) is 5.32 Å². The van der Waals surface area contributed by atoms with Crippen LogP contribution < -0.4 is 15.8 Å². The number of halogens is 1. The number of nitrogens with zero attached hydrogens (tertiary/aromatic N) is 1. The fourth-order valence-electron chi connectivity index (χ4n) is 3.03. The van der Waals surface area contributed by atoms with Crippen LogP contribution >= 0.6 is 28.6 Å². The van der Waals surface area contributed by atoms with E-state index in [0.717, 1.165) is 40.2 Å². The van der Waals surface area contributed by atoms with Gasteiger partial charge >= 0.3 is 0 Å². The molecular weight excluding hydrogens is 458 g/mol. The predicted molar refractivity (Wildman–Crippen MR) is 132 cm³/mol. The van der Waals surface area contributed by atoms with Crippen LogP contribution in [0.5, 0.6) is 5.75 Å². The minimum absolute atomic E-state index is 0.524. The van der Waals surface area contributed by atoms with E-state index < -0.39 is 0 Å². The van der Waals surface area contributed by atoms with Crippen LogP contribution in [0.2, 0.25) is 0 Å². The molecule has 0 amide bonds. The number of hydrogen-bond donors (Lipinski definition) is 3. The summed E-state index contributed by atoms with van der Waals surface area (Å²) in [5.74, 6) is 1.39. The Hall–Kier alpha value is -2.28. The van der Waals surface area contributed by atoms with Crippen molar-refractivity contribution in [2.45, 2.75) is 17.9 Å². The number of methoxy groups -OCH3 is 1. The van der Waals surface area contributed by atoms with Gasteiger partial charge in [-0.25, -0.2) is 0 Å². The van der Waals surface area contributed by atoms with Gasteiger partial charge in [0.25, 0.3) is 0 Å². The van der Waals surface area contributed by atoms with Crippen LogP contribution in [0.25, 0.3) is 11.1 Å². The molecule has 0 aromatic heterocycles. The lowest BCUT2D eigenvalue weighted by molar-refractivity contribution is 0.415. The highest BCUT2D eigenvalue weighted by molar-refractivity contribution is 9.10. The molecule has 0 saturated carbocycles. The molecule has 0 unspecified atom stereocenters. The van der Waals surface area contributed by atoms with E-state index in [2.05, 4.69) is 75.3 Å². The summed E-state index contributed by atoms with van der Waals surface area (Å²) in [4.78, 5) is 5.30. The monoisotopic (exact) mass is 483 g/mol. The Balaban J connectivity index is 1.42. The number of rotatable bonds is 9. The summed E-state index contributed by atoms with van der Waals surface area (Å²) in [6.45, 7) is 2.38. The van der Waals surface area contributed by atoms with E-state index in [4.69, 9.17) is 10.5 Å². The van der Waals surface area contributed by atoms with Crippen LogP contribution in [0.15, 0.2) is 81.1 Å². The molecule has 0 aliphatic carbocycles. The van der Waals surface area contributed by atoms with Crippen molar-refractivity contribution in [3.63, 3.8) is 0 Å². The van der Waals surface area contributed by atoms with Crippen molar-refractivity contribution in [3.05, 3.63) is 82.3 Å². The van der Waals surface area contributed by atoms with Gasteiger partial charge in [-0.2, -0.15) is 0 Å². The van der Waals surface area contributed by atoms with Gasteiger partial charge < -0.3 is 15.8 Å². The maximum atomic E-state index is 6.10. The molecule has 0 aliphatic rings. The highest BCUT2D eigenvalue weighted by Gasteiger charge is 2.04. The van der Waals surface area contributed by atoms with E-state index in [0.29, 0.717) is 12.4 Å². The standard InChI is InChI=1S/C24H26BrN3OS/c1-29-21-10-7-19(8-11-21)18-5-3-17(4-6-18)16-27-13-2-14-28-24(26)22-15-20(25)9-12-23(22)30/h3-12,15,27,30H,2,13-14,16H2,1H3,(H2,26,28). The van der Waals surface area contributed by atoms with Gasteiger partial charge in [-0.1, -0.05) is 52.3 Å². The van der Waals surface area contributed by atoms with E-state index in [1.54, 1.807) is 7.11 Å². The number of benzene rings is 3. The molecule has 0 atom stereocenters. The molecule has 4 nitrogen and oxygen atoms in total. The second-order valence-electron chi connectivity index (χ2n) is 6.88. The number of thiol groups is 1. The number of aliphatic imine (C=N–C) groups is 1. The summed E-state index contributed by atoms with van der Waals surface area (Å²) in [5, 5.41) is 3.46. The van der Waals surface area contributed by atoms with Crippen molar-refractivity contribution in [2.75, 3.05) is 20.2 Å². The van der Waals surface area contributed by atoms with Crippen molar-refractivity contribution in [3.8, 4) is 16.9 Å². The molecule has 0 radical (unpaired) electrons. The molecule has 3 rings (SSSR count). The molecule has 0 aliphatic heterocycles. The zero-order chi connectivity index (χ0) is 21.3. The maximum Gasteiger partial charge on any atom is 0.126 e. The Morgan fingerprint density at radius 3 is 2.37 bits per heavy atom. The number of nitrogens with two attached hydrogens (primary N) is 1. The molecule has 3 aromatic rings. The van der Waals surface area contributed by atoms with Gasteiger partial charge in [0.15, 0.2) is 0 Å². The second-order valence-corrected chi connectivity index (χ2v) is 8.28. The number of hydrogen-bond acceptors (Lipinski definition) is 4. The summed E-state index contributed by atoms with van der Waals surface area (Å²) in [6.07, 6.45) is 0.917. The Morgan fingerprint density at radius 2 is 1.70 bits per heavy atom. The van der Waals surface area contributed by atoms with Gasteiger partial charge in [0, 0.05) is 28.0 Å². The lowest BCUT2D eigenvalue weighted by Crippen LogP contribution is -2.18. The maximum absolute atomic E-state index is 6.10. The third-order valence-electron chi connectivity index (χ3n) is 4.73. The molecule has 6 heteroatoms. The van der Waals surface area contributed by atoms with Gasteiger partial charge in [0.05, 0.1) is 7.11 Å². The van der Waals surface area contributed by atoms with Crippen LogP contribution in [-0.2, 0) is 6.54 Å². The van der Waals surface area contributed by atoms with Crippen LogP contribution in [0.4, 0.5) is 0 Å². The summed E-state index contributed by atoms with van der Waals surface area (Å²) in [7, 11) is 1.68. The lowest BCUT2D eigenvalue weighted by atomic mass is 10.0. The van der Waals surface area contributed by atoms with E-state index >= 15 is 0 Å². The summed E-state index contributed by atoms with van der Waals surface area (Å²) in [6, 6.07) is 22.5. The number of amidine groups is 1. The largest absolute Gasteiger partial charge is 0.497 e. The first-order valence-corrected chi connectivity index (χ1v) is 11.0. The van der Waals surface area contributed by atoms with E-state index in [1.807, 2.05) is 30.3 Å². The molecule has 0 fully saturated rings. The average molecular weight is 484 g/mol. The first-order valence-electron chi connectivity index (χ1n) is 9.79. The summed E-state index contributed by atoms with van der Waals surface area (Å²) in [5.41, 5.74) is 10.6. The van der Waals surface area contributed by atoms with E-state index in [-0.39, 0.29) is 0 Å². The zero-order valence-corrected chi connectivity index (χ0v) is 19.4. The zero-order valence-electron chi connectivity index (χ0n) is 16.9. The van der Waals surface area contributed by atoms with Gasteiger partial charge in [0.2, 0.25) is 0 Å². The Morgan fingerprint density at radius 1 is 1.03 bits per heavy atom. The van der Waals surface area contributed by atoms with Crippen molar-refractivity contribution >= 4 is 34.4 Å². The first-order chi connectivity index (χ1) is 14.6. The quantitative estimate of drug-likeness (QED) is 0.167. The Kier molecular flexibility index (Phi) is 8.37. The predicted octanol–water partition coefficient (Wildman–Crippen LogP) is 5.30. The van der Waals surface area contributed by atoms with Crippen LogP contribution in [0.1, 0.15) is 17.5 Å². The first kappa shape index (κ1) is 22.4. The molecule has 0 spiro atoms. The molecule has 0 bridgehead atoms. The summed E-state index contributed by atoms with van der Waals surface area (Å²) < 4.78 is 6.18. The molecule has 156 valence electrons. The van der Waals surface area contributed by atoms with Crippen molar-refractivity contribution in [2.24, 2.45) is 10.7 Å². The highest BCUT2D eigenvalue weighted by atomic mass is 79.9. The topological polar surface area (TPSA) is 59.6 Å². The fraction of sp³-hybridized carbons (Fsp3) is 0.208. The normalized spacial score (nSPS) is 11.5. The molecule has 3 aromatic carbocycles. The minimum Gasteiger partial charge on any atom is -0.497 e. The van der Waals surface area contributed by atoms with Crippen LogP contribution in [0.3, 0.4) is 0 Å². The highest BCUT2D eigenvalue weighted by Crippen LogP contribution is 2.23. The van der Waals surface area contributed by atoms with Crippen molar-refractivity contribution < 1.29 is 4.74 Å². The number of ether oxygens (including phenoxy) is 1. The fourth-order valence-corrected chi connectivity index (χ4v) is 3.65. The van der Waals surface area contributed by atoms with Gasteiger partial charge in [-0.15, -0.1) is 12.6 Å². The Labute approximate surface area is 192 Å². The van der Waals surface area contributed by atoms with Crippen LogP contribution in [0, 0.1) is 0 Å². The molecule has 30 heavy (non-hydrogen) atoms. The summed E-state index contributed by atoms with van der Waals surface area (Å²) >= 11 is 7.90. The molecule has 0 heterocycles. The third kappa shape index (κ3) is 6.36. The van der Waals surface area contributed by atoms with E-state index in [9.17, 15) is 0 Å². The van der Waals surface area contributed by atoms with Gasteiger partial charge in [0.1, 0.15) is 11.6 Å². The minimum atomic E-state index is 0.524. The smallest absolute Gasteiger partial charge is 0.126 e. The SMILES string of the molecule is COc1ccc(-c2ccc(CNCCCN=C(N)c3cc(Br)ccc3S)cc2)cc1. The Bertz CT molecular complexity index is 988. The third-order valence-corrected chi connectivity index (χ3v) is 5.62. The number of nitrogens with one attached hydrogen (secondary N) is 1. The molecular formula is C24H26BrN3OS. The van der Waals surface area contributed by atoms with Gasteiger partial charge in [-0.3, -0.25) is 4.99 Å². The van der Waals surface area contributed by atoms with Crippen molar-refractivity contribution in [1.29, 1.82) is 0 Å². The molecule has 3 N–H and O–H groups in total. The average Bonchev–Trinajstić information content (AvgIpc) is 2.78. The van der Waals surface area contributed by atoms with E-state index in [1.165, 1.54) is 16.7 Å². The van der Waals surface area contributed by atoms with Crippen LogP contribution in [-0.4, -0.2) is 26.0 Å². The second kappa shape index (κ2) is 11.2. The lowest BCUT2D eigenvalue weighted by Gasteiger charge is -2.08.